The van der Waals surface area contributed by atoms with Gasteiger partial charge in [0.2, 0.25) is 0 Å². The lowest BCUT2D eigenvalue weighted by Crippen LogP contribution is -1.84. The van der Waals surface area contributed by atoms with Crippen molar-refractivity contribution in [2.45, 2.75) is 32.6 Å². The normalized spacial score (nSPS) is 11.4. The van der Waals surface area contributed by atoms with Crippen LogP contribution < -0.4 is 0 Å². The lowest BCUT2D eigenvalue weighted by molar-refractivity contribution is 0.710. The van der Waals surface area contributed by atoms with Crippen molar-refractivity contribution >= 4 is 16.4 Å². The molecule has 0 amide bonds. The topological polar surface area (TPSA) is 17.3 Å². The molecular weight excluding hydrogens is 220 g/mol. The molecule has 2 aromatic heterocycles. The zero-order valence-corrected chi connectivity index (χ0v) is 10.8. The van der Waals surface area contributed by atoms with Gasteiger partial charge >= 0.3 is 0 Å². The summed E-state index contributed by atoms with van der Waals surface area (Å²) in [5.74, 6) is 0. The maximum absolute atomic E-state index is 4.78. The molecule has 0 aliphatic heterocycles. The first-order chi connectivity index (χ1) is 8.88. The van der Waals surface area contributed by atoms with E-state index in [0.717, 1.165) is 12.1 Å². The Morgan fingerprint density at radius 2 is 2.00 bits per heavy atom. The van der Waals surface area contributed by atoms with E-state index in [0.29, 0.717) is 0 Å². The van der Waals surface area contributed by atoms with Crippen LogP contribution in [0.2, 0.25) is 0 Å². The van der Waals surface area contributed by atoms with Crippen molar-refractivity contribution in [3.05, 3.63) is 48.4 Å². The average Bonchev–Trinajstić information content (AvgIpc) is 2.82. The zero-order chi connectivity index (χ0) is 12.4. The highest BCUT2D eigenvalue weighted by Gasteiger charge is 2.04. The lowest BCUT2D eigenvalue weighted by Gasteiger charge is -1.98. The second-order valence-corrected chi connectivity index (χ2v) is 4.82. The van der Waals surface area contributed by atoms with E-state index in [1.807, 2.05) is 0 Å². The Balaban J connectivity index is 2.03. The third-order valence-corrected chi connectivity index (χ3v) is 3.44. The predicted molar refractivity (Wildman–Crippen MR) is 75.9 cm³/mol. The van der Waals surface area contributed by atoms with Crippen LogP contribution in [0.3, 0.4) is 0 Å². The smallest absolute Gasteiger partial charge is 0.144 e. The zero-order valence-electron chi connectivity index (χ0n) is 10.8. The predicted octanol–water partition coefficient (Wildman–Crippen LogP) is 4.22. The number of nitrogens with zero attached hydrogens (tertiary/aromatic N) is 2. The summed E-state index contributed by atoms with van der Waals surface area (Å²) >= 11 is 0. The van der Waals surface area contributed by atoms with Crippen LogP contribution in [-0.2, 0) is 6.42 Å². The van der Waals surface area contributed by atoms with Crippen LogP contribution >= 0.6 is 0 Å². The highest BCUT2D eigenvalue weighted by atomic mass is 15.0. The molecule has 0 spiro atoms. The number of imidazole rings is 1. The Hall–Kier alpha value is -1.83. The molecule has 0 bridgehead atoms. The van der Waals surface area contributed by atoms with E-state index in [4.69, 9.17) is 4.98 Å². The first-order valence-electron chi connectivity index (χ1n) is 6.74. The van der Waals surface area contributed by atoms with Crippen molar-refractivity contribution in [3.8, 4) is 0 Å². The van der Waals surface area contributed by atoms with E-state index in [1.54, 1.807) is 0 Å². The molecule has 0 fully saturated rings. The molecule has 0 saturated carbocycles. The second-order valence-electron chi connectivity index (χ2n) is 4.82. The molecule has 0 radical (unpaired) electrons. The molecule has 0 aliphatic carbocycles. The molecule has 0 saturated heterocycles. The quantitative estimate of drug-likeness (QED) is 0.622. The van der Waals surface area contributed by atoms with Crippen molar-refractivity contribution in [1.29, 1.82) is 0 Å². The molecular formula is C16H18N2. The summed E-state index contributed by atoms with van der Waals surface area (Å²) in [5, 5.41) is 2.50. The minimum absolute atomic E-state index is 1.08. The van der Waals surface area contributed by atoms with Gasteiger partial charge in [-0.25, -0.2) is 4.98 Å². The highest BCUT2D eigenvalue weighted by Crippen LogP contribution is 2.19. The molecule has 3 rings (SSSR count). The Bertz CT molecular complexity index is 667. The van der Waals surface area contributed by atoms with Crippen LogP contribution in [0.1, 0.15) is 31.9 Å². The van der Waals surface area contributed by atoms with Gasteiger partial charge in [0, 0.05) is 17.8 Å². The number of pyridine rings is 1. The van der Waals surface area contributed by atoms with Gasteiger partial charge in [0.1, 0.15) is 5.65 Å². The minimum atomic E-state index is 1.08. The summed E-state index contributed by atoms with van der Waals surface area (Å²) in [6, 6.07) is 10.6. The summed E-state index contributed by atoms with van der Waals surface area (Å²) in [6.45, 7) is 2.23. The third kappa shape index (κ3) is 1.99. The summed E-state index contributed by atoms with van der Waals surface area (Å²) in [7, 11) is 0. The van der Waals surface area contributed by atoms with Gasteiger partial charge in [0.05, 0.1) is 5.69 Å². The Morgan fingerprint density at radius 3 is 2.89 bits per heavy atom. The number of benzene rings is 1. The van der Waals surface area contributed by atoms with Crippen LogP contribution in [0.25, 0.3) is 16.4 Å². The van der Waals surface area contributed by atoms with E-state index in [9.17, 15) is 0 Å². The van der Waals surface area contributed by atoms with Gasteiger partial charge in [-0.3, -0.25) is 0 Å². The minimum Gasteiger partial charge on any atom is -0.306 e. The van der Waals surface area contributed by atoms with Crippen LogP contribution in [0.15, 0.2) is 42.7 Å². The van der Waals surface area contributed by atoms with Crippen LogP contribution in [-0.4, -0.2) is 9.38 Å². The maximum atomic E-state index is 4.78. The summed E-state index contributed by atoms with van der Waals surface area (Å²) in [5.41, 5.74) is 2.29. The number of aryl methyl sites for hydroxylation is 1. The first kappa shape index (κ1) is 11.3. The molecule has 18 heavy (non-hydrogen) atoms. The van der Waals surface area contributed by atoms with E-state index < -0.39 is 0 Å². The van der Waals surface area contributed by atoms with E-state index in [2.05, 4.69) is 54.0 Å². The Kier molecular flexibility index (Phi) is 3.01. The van der Waals surface area contributed by atoms with Gasteiger partial charge < -0.3 is 4.40 Å². The number of aromatic nitrogens is 2. The molecule has 3 aromatic rings. The number of fused-ring (bicyclic) bond motifs is 3. The van der Waals surface area contributed by atoms with Gasteiger partial charge in [-0.15, -0.1) is 0 Å². The van der Waals surface area contributed by atoms with Gasteiger partial charge in [0.15, 0.2) is 0 Å². The largest absolute Gasteiger partial charge is 0.306 e. The molecule has 2 nitrogen and oxygen atoms in total. The average molecular weight is 238 g/mol. The fraction of sp³-hybridized carbons (Fsp3) is 0.312. The summed E-state index contributed by atoms with van der Waals surface area (Å²) < 4.78 is 2.14. The van der Waals surface area contributed by atoms with Gasteiger partial charge in [-0.05, 0) is 24.3 Å². The van der Waals surface area contributed by atoms with E-state index in [-0.39, 0.29) is 0 Å². The Labute approximate surface area is 107 Å². The maximum Gasteiger partial charge on any atom is 0.144 e. The monoisotopic (exact) mass is 238 g/mol. The molecule has 2 heterocycles. The van der Waals surface area contributed by atoms with Crippen molar-refractivity contribution in [3.63, 3.8) is 0 Å². The fourth-order valence-corrected chi connectivity index (χ4v) is 2.44. The van der Waals surface area contributed by atoms with Crippen molar-refractivity contribution < 1.29 is 0 Å². The van der Waals surface area contributed by atoms with Crippen molar-refractivity contribution in [1.82, 2.24) is 9.38 Å². The first-order valence-corrected chi connectivity index (χ1v) is 6.74. The van der Waals surface area contributed by atoms with Crippen LogP contribution in [0.4, 0.5) is 0 Å². The number of unbranched alkanes of at least 4 members (excludes halogenated alkanes) is 2. The van der Waals surface area contributed by atoms with Crippen LogP contribution in [0.5, 0.6) is 0 Å². The van der Waals surface area contributed by atoms with E-state index >= 15 is 0 Å². The number of hydrogen-bond acceptors (Lipinski definition) is 1. The summed E-state index contributed by atoms with van der Waals surface area (Å²) in [6.07, 6.45) is 9.14. The molecule has 0 N–H and O–H groups in total. The highest BCUT2D eigenvalue weighted by molar-refractivity contribution is 5.93. The number of rotatable bonds is 4. The second kappa shape index (κ2) is 4.81. The molecule has 1 aromatic carbocycles. The Morgan fingerprint density at radius 1 is 1.11 bits per heavy atom. The van der Waals surface area contributed by atoms with Gasteiger partial charge in [-0.2, -0.15) is 0 Å². The molecule has 2 heteroatoms. The molecule has 0 atom stereocenters. The van der Waals surface area contributed by atoms with Crippen molar-refractivity contribution in [2.75, 3.05) is 0 Å². The van der Waals surface area contributed by atoms with Gasteiger partial charge in [-0.1, -0.05) is 44.0 Å². The summed E-state index contributed by atoms with van der Waals surface area (Å²) in [4.78, 5) is 4.78. The third-order valence-electron chi connectivity index (χ3n) is 3.44. The van der Waals surface area contributed by atoms with Crippen LogP contribution in [0, 0.1) is 0 Å². The van der Waals surface area contributed by atoms with E-state index in [1.165, 1.54) is 35.7 Å². The molecule has 0 unspecified atom stereocenters. The number of hydrogen-bond donors (Lipinski definition) is 0. The standard InChI is InChI=1S/C16H18N2/c1-2-3-4-8-14-12-18-11-10-13-7-5-6-9-15(13)16(18)17-14/h5-7,9-12H,2-4,8H2,1H3. The van der Waals surface area contributed by atoms with Crippen molar-refractivity contribution in [2.24, 2.45) is 0 Å². The molecule has 0 aliphatic rings. The molecule has 92 valence electrons. The van der Waals surface area contributed by atoms with Gasteiger partial charge in [0.25, 0.3) is 0 Å². The lowest BCUT2D eigenvalue weighted by atomic mass is 10.2. The SMILES string of the molecule is CCCCCc1cn2ccc3ccccc3c2n1. The fourth-order valence-electron chi connectivity index (χ4n) is 2.44.